The molecule has 0 bridgehead atoms. The van der Waals surface area contributed by atoms with Gasteiger partial charge in [-0.1, -0.05) is 0 Å². The van der Waals surface area contributed by atoms with Gasteiger partial charge in [0.1, 0.15) is 6.04 Å². The molecule has 1 rings (SSSR count). The predicted octanol–water partition coefficient (Wildman–Crippen LogP) is 0.101. The van der Waals surface area contributed by atoms with E-state index in [1.807, 2.05) is 0 Å². The molecule has 0 aromatic rings. The van der Waals surface area contributed by atoms with Crippen LogP contribution in [0.1, 0.15) is 13.8 Å². The first kappa shape index (κ1) is 14.3. The van der Waals surface area contributed by atoms with Crippen LogP contribution in [0.15, 0.2) is 0 Å². The lowest BCUT2D eigenvalue weighted by Crippen LogP contribution is -2.55. The minimum Gasteiger partial charge on any atom is -0.464 e. The molecule has 0 aromatic heterocycles. The average molecular weight is 260 g/mol. The Morgan fingerprint density at radius 3 is 2.88 bits per heavy atom. The number of thioether (sulfide) groups is 1. The van der Waals surface area contributed by atoms with E-state index in [4.69, 9.17) is 4.74 Å². The van der Waals surface area contributed by atoms with Crippen LogP contribution in [0.2, 0.25) is 0 Å². The minimum atomic E-state index is -0.433. The summed E-state index contributed by atoms with van der Waals surface area (Å²) in [5.41, 5.74) is 0. The smallest absolute Gasteiger partial charge is 0.329 e. The fourth-order valence-electron chi connectivity index (χ4n) is 1.67. The third kappa shape index (κ3) is 3.61. The summed E-state index contributed by atoms with van der Waals surface area (Å²) in [5.74, 6) is 1.17. The van der Waals surface area contributed by atoms with Crippen molar-refractivity contribution >= 4 is 23.6 Å². The van der Waals surface area contributed by atoms with Gasteiger partial charge >= 0.3 is 5.97 Å². The summed E-state index contributed by atoms with van der Waals surface area (Å²) in [7, 11) is 1.74. The molecule has 1 saturated heterocycles. The lowest BCUT2D eigenvalue weighted by molar-refractivity contribution is -0.154. The van der Waals surface area contributed by atoms with E-state index < -0.39 is 6.04 Å². The highest BCUT2D eigenvalue weighted by Crippen LogP contribution is 2.18. The number of ether oxygens (including phenoxy) is 1. The summed E-state index contributed by atoms with van der Waals surface area (Å²) in [6, 6.07) is -0.702. The Balaban J connectivity index is 2.71. The Bertz CT molecular complexity index is 286. The Kier molecular flexibility index (Phi) is 5.77. The summed E-state index contributed by atoms with van der Waals surface area (Å²) >= 11 is 1.68. The summed E-state index contributed by atoms with van der Waals surface area (Å²) in [5, 5.41) is 2.90. The normalized spacial score (nSPS) is 22.1. The van der Waals surface area contributed by atoms with E-state index in [-0.39, 0.29) is 17.9 Å². The SMILES string of the molecule is CCOC(=O)C1CSCCN1C(=O)C(C)NC. The quantitative estimate of drug-likeness (QED) is 0.727. The molecule has 0 radical (unpaired) electrons. The van der Waals surface area contributed by atoms with Crippen molar-refractivity contribution in [2.75, 3.05) is 31.7 Å². The van der Waals surface area contributed by atoms with Crippen LogP contribution in [0.25, 0.3) is 0 Å². The molecule has 0 aliphatic carbocycles. The van der Waals surface area contributed by atoms with Crippen molar-refractivity contribution < 1.29 is 14.3 Å². The first-order valence-corrected chi connectivity index (χ1v) is 6.99. The van der Waals surface area contributed by atoms with E-state index >= 15 is 0 Å². The maximum Gasteiger partial charge on any atom is 0.329 e. The molecule has 2 unspecified atom stereocenters. The zero-order valence-electron chi connectivity index (χ0n) is 10.6. The lowest BCUT2D eigenvalue weighted by Gasteiger charge is -2.35. The fraction of sp³-hybridized carbons (Fsp3) is 0.818. The molecule has 5 nitrogen and oxygen atoms in total. The number of hydrogen-bond acceptors (Lipinski definition) is 5. The first-order chi connectivity index (χ1) is 8.11. The van der Waals surface area contributed by atoms with E-state index in [0.29, 0.717) is 18.9 Å². The molecular formula is C11H20N2O3S. The van der Waals surface area contributed by atoms with Crippen LogP contribution in [0.4, 0.5) is 0 Å². The number of carbonyl (C=O) groups is 2. The summed E-state index contributed by atoms with van der Waals surface area (Å²) in [6.45, 7) is 4.53. The summed E-state index contributed by atoms with van der Waals surface area (Å²) in [4.78, 5) is 25.5. The fourth-order valence-corrected chi connectivity index (χ4v) is 2.71. The molecule has 0 spiro atoms. The minimum absolute atomic E-state index is 0.0362. The maximum absolute atomic E-state index is 12.1. The van der Waals surface area contributed by atoms with Crippen LogP contribution in [-0.2, 0) is 14.3 Å². The number of rotatable bonds is 4. The van der Waals surface area contributed by atoms with Gasteiger partial charge in [-0.05, 0) is 20.9 Å². The number of likely N-dealkylation sites (N-methyl/N-ethyl adjacent to an activating group) is 1. The standard InChI is InChI=1S/C11H20N2O3S/c1-4-16-11(15)9-7-17-6-5-13(9)10(14)8(2)12-3/h8-9,12H,4-7H2,1-3H3. The zero-order valence-corrected chi connectivity index (χ0v) is 11.4. The maximum atomic E-state index is 12.1. The number of nitrogens with zero attached hydrogens (tertiary/aromatic N) is 1. The molecule has 1 aliphatic heterocycles. The number of hydrogen-bond donors (Lipinski definition) is 1. The molecule has 1 N–H and O–H groups in total. The Hall–Kier alpha value is -0.750. The van der Waals surface area contributed by atoms with Crippen molar-refractivity contribution in [1.29, 1.82) is 0 Å². The number of carbonyl (C=O) groups excluding carboxylic acids is 2. The van der Waals surface area contributed by atoms with Gasteiger partial charge in [0.15, 0.2) is 0 Å². The largest absolute Gasteiger partial charge is 0.464 e. The molecule has 17 heavy (non-hydrogen) atoms. The highest BCUT2D eigenvalue weighted by atomic mass is 32.2. The third-order valence-electron chi connectivity index (χ3n) is 2.77. The van der Waals surface area contributed by atoms with Gasteiger partial charge in [-0.2, -0.15) is 11.8 Å². The molecule has 1 fully saturated rings. The van der Waals surface area contributed by atoms with Crippen LogP contribution >= 0.6 is 11.8 Å². The van der Waals surface area contributed by atoms with Crippen molar-refractivity contribution in [2.45, 2.75) is 25.9 Å². The van der Waals surface area contributed by atoms with Gasteiger partial charge in [0, 0.05) is 18.1 Å². The Morgan fingerprint density at radius 1 is 1.59 bits per heavy atom. The summed E-state index contributed by atoms with van der Waals surface area (Å²) in [6.07, 6.45) is 0. The molecule has 0 saturated carbocycles. The van der Waals surface area contributed by atoms with Crippen molar-refractivity contribution in [3.8, 4) is 0 Å². The molecule has 1 aliphatic rings. The molecule has 1 amide bonds. The molecule has 1 heterocycles. The number of nitrogens with one attached hydrogen (secondary N) is 1. The van der Waals surface area contributed by atoms with Crippen LogP contribution in [0.5, 0.6) is 0 Å². The topological polar surface area (TPSA) is 58.6 Å². The van der Waals surface area contributed by atoms with Crippen molar-refractivity contribution in [3.63, 3.8) is 0 Å². The van der Waals surface area contributed by atoms with Crippen molar-refractivity contribution in [1.82, 2.24) is 10.2 Å². The van der Waals surface area contributed by atoms with Gasteiger partial charge in [-0.25, -0.2) is 4.79 Å². The monoisotopic (exact) mass is 260 g/mol. The highest BCUT2D eigenvalue weighted by Gasteiger charge is 2.34. The van der Waals surface area contributed by atoms with Crippen LogP contribution in [0, 0.1) is 0 Å². The van der Waals surface area contributed by atoms with E-state index in [0.717, 1.165) is 5.75 Å². The number of esters is 1. The molecule has 2 atom stereocenters. The van der Waals surface area contributed by atoms with Gasteiger partial charge in [0.2, 0.25) is 5.91 Å². The second-order valence-electron chi connectivity index (χ2n) is 3.88. The van der Waals surface area contributed by atoms with E-state index in [1.165, 1.54) is 0 Å². The zero-order chi connectivity index (χ0) is 12.8. The molecule has 6 heteroatoms. The van der Waals surface area contributed by atoms with Crippen molar-refractivity contribution in [3.05, 3.63) is 0 Å². The van der Waals surface area contributed by atoms with Crippen LogP contribution in [0.3, 0.4) is 0 Å². The average Bonchev–Trinajstić information content (AvgIpc) is 2.37. The van der Waals surface area contributed by atoms with Crippen molar-refractivity contribution in [2.24, 2.45) is 0 Å². The molecular weight excluding hydrogens is 240 g/mol. The van der Waals surface area contributed by atoms with Gasteiger partial charge in [-0.3, -0.25) is 4.79 Å². The highest BCUT2D eigenvalue weighted by molar-refractivity contribution is 7.99. The van der Waals surface area contributed by atoms with E-state index in [9.17, 15) is 9.59 Å². The number of amides is 1. The Morgan fingerprint density at radius 2 is 2.29 bits per heavy atom. The van der Waals surface area contributed by atoms with Gasteiger partial charge in [0.25, 0.3) is 0 Å². The van der Waals surface area contributed by atoms with Crippen LogP contribution < -0.4 is 5.32 Å². The van der Waals surface area contributed by atoms with E-state index in [1.54, 1.807) is 37.6 Å². The summed E-state index contributed by atoms with van der Waals surface area (Å²) < 4.78 is 5.01. The second-order valence-corrected chi connectivity index (χ2v) is 5.03. The second kappa shape index (κ2) is 6.86. The Labute approximate surface area is 106 Å². The molecule has 98 valence electrons. The van der Waals surface area contributed by atoms with Gasteiger partial charge < -0.3 is 15.0 Å². The van der Waals surface area contributed by atoms with Gasteiger partial charge in [-0.15, -0.1) is 0 Å². The lowest BCUT2D eigenvalue weighted by atomic mass is 10.2. The third-order valence-corrected chi connectivity index (χ3v) is 3.80. The predicted molar refractivity (Wildman–Crippen MR) is 68.0 cm³/mol. The van der Waals surface area contributed by atoms with Gasteiger partial charge in [0.05, 0.1) is 12.6 Å². The first-order valence-electron chi connectivity index (χ1n) is 5.84. The van der Waals surface area contributed by atoms with Crippen LogP contribution in [-0.4, -0.2) is 60.6 Å². The molecule has 0 aromatic carbocycles. The van der Waals surface area contributed by atoms with E-state index in [2.05, 4.69) is 5.32 Å².